The summed E-state index contributed by atoms with van der Waals surface area (Å²) in [6.07, 6.45) is 50.8. The highest BCUT2D eigenvalue weighted by atomic mass is 16.6. The van der Waals surface area contributed by atoms with Crippen molar-refractivity contribution in [3.63, 3.8) is 0 Å². The van der Waals surface area contributed by atoms with Crippen molar-refractivity contribution >= 4 is 17.9 Å². The molecule has 0 spiro atoms. The number of nitrogens with zero attached hydrogens (tertiary/aromatic N) is 1. The van der Waals surface area contributed by atoms with Gasteiger partial charge in [-0.15, -0.1) is 0 Å². The largest absolute Gasteiger partial charge is 0.477 e. The van der Waals surface area contributed by atoms with Crippen molar-refractivity contribution in [3.8, 4) is 0 Å². The summed E-state index contributed by atoms with van der Waals surface area (Å²) in [7, 11) is 5.54. The number of unbranched alkanes of at least 4 members (excludes halogenated alkanes) is 30. The first-order valence-electron chi connectivity index (χ1n) is 25.9. The van der Waals surface area contributed by atoms with Crippen LogP contribution in [0.15, 0.2) is 24.3 Å². The number of carboxylic acids is 1. The van der Waals surface area contributed by atoms with Gasteiger partial charge in [-0.1, -0.05) is 212 Å². The highest BCUT2D eigenvalue weighted by Crippen LogP contribution is 2.16. The first kappa shape index (κ1) is 58.8. The van der Waals surface area contributed by atoms with Crippen LogP contribution >= 0.6 is 0 Å². The summed E-state index contributed by atoms with van der Waals surface area (Å²) in [5.74, 6) is -1.47. The summed E-state index contributed by atoms with van der Waals surface area (Å²) in [6, 6.07) is -0.615. The molecule has 0 aromatic carbocycles. The molecule has 0 heterocycles. The Morgan fingerprint density at radius 1 is 0.492 bits per heavy atom. The fraction of sp³-hybridized carbons (Fsp3) is 0.868. The van der Waals surface area contributed by atoms with Crippen LogP contribution in [-0.4, -0.2) is 80.6 Å². The maximum atomic E-state index is 12.8. The van der Waals surface area contributed by atoms with Gasteiger partial charge >= 0.3 is 17.9 Å². The van der Waals surface area contributed by atoms with Gasteiger partial charge in [0.15, 0.2) is 12.1 Å². The number of hydrogen-bond donors (Lipinski definition) is 1. The lowest BCUT2D eigenvalue weighted by Gasteiger charge is -2.31. The van der Waals surface area contributed by atoms with E-state index in [0.29, 0.717) is 19.3 Å². The van der Waals surface area contributed by atoms with Crippen molar-refractivity contribution in [2.24, 2.45) is 0 Å². The summed E-state index contributed by atoms with van der Waals surface area (Å²) < 4.78 is 17.4. The van der Waals surface area contributed by atoms with E-state index in [1.54, 1.807) is 0 Å². The molecule has 0 fully saturated rings. The highest BCUT2D eigenvalue weighted by molar-refractivity contribution is 5.72. The van der Waals surface area contributed by atoms with Crippen LogP contribution in [0.2, 0.25) is 0 Å². The standard InChI is InChI=1S/C53H99NO7/c1-6-8-10-12-14-16-18-20-22-24-26-28-30-32-34-36-38-40-42-44-52(56)61-49(47-59-46-45-50(53(57)58)54(3,4)5)48-60-51(55)43-41-39-37-35-33-31-29-27-25-23-21-19-17-15-13-11-9-7-2/h23,25,27,29,49-50H,6-22,24,26,28,30-48H2,1-5H3/p+1/b25-23+,29-27+. The molecule has 61 heavy (non-hydrogen) atoms. The summed E-state index contributed by atoms with van der Waals surface area (Å²) in [6.45, 7) is 4.76. The topological polar surface area (TPSA) is 99.1 Å². The Balaban J connectivity index is 4.25. The molecule has 1 N–H and O–H groups in total. The quantitative estimate of drug-likeness (QED) is 0.0281. The van der Waals surface area contributed by atoms with Gasteiger partial charge in [0.1, 0.15) is 6.61 Å². The Hall–Kier alpha value is -2.19. The molecule has 358 valence electrons. The summed E-state index contributed by atoms with van der Waals surface area (Å²) in [4.78, 5) is 37.1. The zero-order valence-electron chi connectivity index (χ0n) is 40.9. The Bertz CT molecular complexity index is 1050. The van der Waals surface area contributed by atoms with Gasteiger partial charge in [0.2, 0.25) is 0 Å². The normalized spacial score (nSPS) is 13.0. The fourth-order valence-corrected chi connectivity index (χ4v) is 7.85. The Morgan fingerprint density at radius 3 is 1.23 bits per heavy atom. The minimum absolute atomic E-state index is 0.0543. The van der Waals surface area contributed by atoms with E-state index < -0.39 is 18.1 Å². The average Bonchev–Trinajstić information content (AvgIpc) is 3.22. The number of carbonyl (C=O) groups excluding carboxylic acids is 2. The molecule has 0 rings (SSSR count). The maximum absolute atomic E-state index is 12.8. The second-order valence-electron chi connectivity index (χ2n) is 18.8. The molecule has 8 heteroatoms. The number of esters is 2. The van der Waals surface area contributed by atoms with Crippen LogP contribution < -0.4 is 0 Å². The third-order valence-electron chi connectivity index (χ3n) is 11.9. The molecule has 0 saturated carbocycles. The molecule has 8 nitrogen and oxygen atoms in total. The number of quaternary nitrogens is 1. The molecule has 0 amide bonds. The van der Waals surface area contributed by atoms with Crippen molar-refractivity contribution < 1.29 is 38.2 Å². The zero-order chi connectivity index (χ0) is 44.9. The summed E-state index contributed by atoms with van der Waals surface area (Å²) >= 11 is 0. The number of rotatable bonds is 47. The van der Waals surface area contributed by atoms with Gasteiger partial charge in [-0.2, -0.15) is 0 Å². The average molecular weight is 863 g/mol. The Labute approximate surface area is 377 Å². The molecule has 2 atom stereocenters. The third-order valence-corrected chi connectivity index (χ3v) is 11.9. The van der Waals surface area contributed by atoms with Crippen LogP contribution in [0.5, 0.6) is 0 Å². The molecule has 0 saturated heterocycles. The lowest BCUT2D eigenvalue weighted by molar-refractivity contribution is -0.887. The molecule has 2 unspecified atom stereocenters. The molecule has 0 aliphatic rings. The molecule has 0 aromatic rings. The molecule has 0 bridgehead atoms. The van der Waals surface area contributed by atoms with E-state index in [-0.39, 0.29) is 36.2 Å². The van der Waals surface area contributed by atoms with Crippen molar-refractivity contribution in [1.82, 2.24) is 0 Å². The molecule has 0 aliphatic carbocycles. The van der Waals surface area contributed by atoms with Gasteiger partial charge in [0.05, 0.1) is 34.4 Å². The lowest BCUT2D eigenvalue weighted by Crippen LogP contribution is -2.50. The van der Waals surface area contributed by atoms with Crippen molar-refractivity contribution in [2.75, 3.05) is 41.0 Å². The fourth-order valence-electron chi connectivity index (χ4n) is 7.85. The lowest BCUT2D eigenvalue weighted by atomic mass is 10.0. The number of carbonyl (C=O) groups is 3. The smallest absolute Gasteiger partial charge is 0.362 e. The van der Waals surface area contributed by atoms with Crippen LogP contribution in [0.4, 0.5) is 0 Å². The van der Waals surface area contributed by atoms with Gasteiger partial charge in [0, 0.05) is 19.3 Å². The van der Waals surface area contributed by atoms with Gasteiger partial charge < -0.3 is 23.8 Å². The third kappa shape index (κ3) is 42.9. The van der Waals surface area contributed by atoms with E-state index in [4.69, 9.17) is 14.2 Å². The number of aliphatic carboxylic acids is 1. The van der Waals surface area contributed by atoms with Gasteiger partial charge in [0.25, 0.3) is 0 Å². The van der Waals surface area contributed by atoms with E-state index in [1.807, 2.05) is 21.1 Å². The van der Waals surface area contributed by atoms with Gasteiger partial charge in [-0.3, -0.25) is 9.59 Å². The minimum Gasteiger partial charge on any atom is -0.477 e. The maximum Gasteiger partial charge on any atom is 0.362 e. The first-order chi connectivity index (χ1) is 29.6. The van der Waals surface area contributed by atoms with Crippen LogP contribution in [0.25, 0.3) is 0 Å². The van der Waals surface area contributed by atoms with Gasteiger partial charge in [-0.25, -0.2) is 4.79 Å². The van der Waals surface area contributed by atoms with Crippen LogP contribution in [0.3, 0.4) is 0 Å². The Morgan fingerprint density at radius 2 is 0.852 bits per heavy atom. The van der Waals surface area contributed by atoms with E-state index in [1.165, 1.54) is 154 Å². The molecular formula is C53H100NO7+. The number of likely N-dealkylation sites (N-methyl/N-ethyl adjacent to an activating group) is 1. The van der Waals surface area contributed by atoms with Crippen molar-refractivity contribution in [3.05, 3.63) is 24.3 Å². The number of carboxylic acid groups (broad SMARTS) is 1. The van der Waals surface area contributed by atoms with E-state index in [2.05, 4.69) is 38.2 Å². The van der Waals surface area contributed by atoms with E-state index in [0.717, 1.165) is 57.8 Å². The zero-order valence-corrected chi connectivity index (χ0v) is 40.9. The number of ether oxygens (including phenoxy) is 3. The summed E-state index contributed by atoms with van der Waals surface area (Å²) in [5.41, 5.74) is 0. The number of allylic oxidation sites excluding steroid dienone is 4. The molecule has 0 aliphatic heterocycles. The molecule has 0 radical (unpaired) electrons. The monoisotopic (exact) mass is 863 g/mol. The number of hydrogen-bond acceptors (Lipinski definition) is 6. The minimum atomic E-state index is -0.874. The van der Waals surface area contributed by atoms with Crippen molar-refractivity contribution in [1.29, 1.82) is 0 Å². The van der Waals surface area contributed by atoms with E-state index in [9.17, 15) is 19.5 Å². The molecular weight excluding hydrogens is 763 g/mol. The van der Waals surface area contributed by atoms with Crippen LogP contribution in [-0.2, 0) is 28.6 Å². The SMILES string of the molecule is CCCCCCCCC/C=C/C=C/CCCCCCCC(=O)OCC(COCCC(C(=O)O)[N+](C)(C)C)OC(=O)CCCCCCCCCCCCCCCCCCCCC. The van der Waals surface area contributed by atoms with Crippen LogP contribution in [0, 0.1) is 0 Å². The summed E-state index contributed by atoms with van der Waals surface area (Å²) in [5, 5.41) is 9.65. The molecule has 0 aromatic heterocycles. The second kappa shape index (κ2) is 44.4. The highest BCUT2D eigenvalue weighted by Gasteiger charge is 2.31. The Kier molecular flexibility index (Phi) is 42.8. The van der Waals surface area contributed by atoms with Crippen molar-refractivity contribution in [2.45, 2.75) is 257 Å². The first-order valence-corrected chi connectivity index (χ1v) is 25.9. The van der Waals surface area contributed by atoms with E-state index >= 15 is 0 Å². The van der Waals surface area contributed by atoms with Crippen LogP contribution in [0.1, 0.15) is 245 Å². The predicted molar refractivity (Wildman–Crippen MR) is 257 cm³/mol. The second-order valence-corrected chi connectivity index (χ2v) is 18.8. The predicted octanol–water partition coefficient (Wildman–Crippen LogP) is 14.8. The van der Waals surface area contributed by atoms with Gasteiger partial charge in [-0.05, 0) is 38.5 Å².